The minimum atomic E-state index is -0.979. The highest BCUT2D eigenvalue weighted by Gasteiger charge is 2.61. The number of amides is 2. The number of anilines is 2. The van der Waals surface area contributed by atoms with Gasteiger partial charge in [-0.3, -0.25) is 14.4 Å². The highest BCUT2D eigenvalue weighted by molar-refractivity contribution is 7.17. The van der Waals surface area contributed by atoms with E-state index >= 15 is 0 Å². The molecule has 8 heteroatoms. The molecular formula is C29H28N2O5S. The van der Waals surface area contributed by atoms with Crippen molar-refractivity contribution in [2.75, 3.05) is 16.6 Å². The molecule has 3 atom stereocenters. The molecule has 2 saturated heterocycles. The maximum absolute atomic E-state index is 14.1. The second-order valence-electron chi connectivity index (χ2n) is 9.69. The van der Waals surface area contributed by atoms with Crippen LogP contribution in [-0.2, 0) is 32.0 Å². The van der Waals surface area contributed by atoms with Gasteiger partial charge < -0.3 is 4.74 Å². The van der Waals surface area contributed by atoms with Crippen molar-refractivity contribution in [3.05, 3.63) is 81.7 Å². The molecule has 0 unspecified atom stereocenters. The van der Waals surface area contributed by atoms with Crippen LogP contribution in [0.3, 0.4) is 0 Å². The van der Waals surface area contributed by atoms with Crippen LogP contribution in [0.4, 0.5) is 10.7 Å². The molecule has 0 N–H and O–H groups in total. The molecule has 2 fully saturated rings. The Bertz CT molecular complexity index is 1370. The summed E-state index contributed by atoms with van der Waals surface area (Å²) in [5.74, 6) is -2.00. The first-order valence-electron chi connectivity index (χ1n) is 12.8. The Labute approximate surface area is 219 Å². The number of thiophene rings is 1. The summed E-state index contributed by atoms with van der Waals surface area (Å²) in [5, 5.41) is 2.08. The first kappa shape index (κ1) is 23.9. The third-order valence-electron chi connectivity index (χ3n) is 7.38. The minimum Gasteiger partial charge on any atom is -0.462 e. The minimum absolute atomic E-state index is 0.223. The summed E-state index contributed by atoms with van der Waals surface area (Å²) >= 11 is 1.37. The molecule has 1 aliphatic carbocycles. The lowest BCUT2D eigenvalue weighted by atomic mass is 9.90. The summed E-state index contributed by atoms with van der Waals surface area (Å²) in [6.07, 6.45) is 2.58. The van der Waals surface area contributed by atoms with E-state index in [2.05, 4.69) is 0 Å². The summed E-state index contributed by atoms with van der Waals surface area (Å²) in [6.45, 7) is 3.99. The monoisotopic (exact) mass is 516 g/mol. The molecule has 0 spiro atoms. The number of para-hydroxylation sites is 1. The number of hydrogen-bond acceptors (Lipinski definition) is 7. The van der Waals surface area contributed by atoms with Crippen molar-refractivity contribution in [2.45, 2.75) is 51.7 Å². The number of fused-ring (bicyclic) bond motifs is 2. The maximum atomic E-state index is 14.1. The molecule has 7 nitrogen and oxygen atoms in total. The van der Waals surface area contributed by atoms with Gasteiger partial charge >= 0.3 is 5.97 Å². The first-order valence-corrected chi connectivity index (χ1v) is 13.6. The van der Waals surface area contributed by atoms with Crippen LogP contribution < -0.4 is 9.96 Å². The Morgan fingerprint density at radius 1 is 1.03 bits per heavy atom. The third kappa shape index (κ3) is 3.86. The van der Waals surface area contributed by atoms with Gasteiger partial charge in [0.2, 0.25) is 5.91 Å². The van der Waals surface area contributed by atoms with Crippen molar-refractivity contribution < 1.29 is 24.0 Å². The van der Waals surface area contributed by atoms with Crippen LogP contribution in [0.25, 0.3) is 0 Å². The zero-order chi connectivity index (χ0) is 25.7. The molecule has 3 heterocycles. The largest absolute Gasteiger partial charge is 0.462 e. The van der Waals surface area contributed by atoms with Crippen LogP contribution in [0, 0.1) is 12.8 Å². The van der Waals surface area contributed by atoms with Crippen molar-refractivity contribution in [1.82, 2.24) is 0 Å². The van der Waals surface area contributed by atoms with Gasteiger partial charge in [0, 0.05) is 4.88 Å². The number of rotatable bonds is 5. The number of hydroxylamine groups is 1. The Balaban J connectivity index is 1.44. The summed E-state index contributed by atoms with van der Waals surface area (Å²) in [5.41, 5.74) is 4.05. The number of hydrogen-bond donors (Lipinski definition) is 0. The van der Waals surface area contributed by atoms with E-state index in [-0.39, 0.29) is 12.5 Å². The van der Waals surface area contributed by atoms with Crippen molar-refractivity contribution in [1.29, 1.82) is 0 Å². The zero-order valence-electron chi connectivity index (χ0n) is 20.8. The quantitative estimate of drug-likeness (QED) is 0.344. The SMILES string of the molecule is CCOC(=O)c1c(N2C(=O)[C@@H]3[C@H](ON(c4ccccc4)[C@@H]3c3ccc(C)cc3)C2=O)sc2c1CCCC2. The Morgan fingerprint density at radius 2 is 1.76 bits per heavy atom. The molecule has 3 aromatic rings. The van der Waals surface area contributed by atoms with Crippen LogP contribution in [0.5, 0.6) is 0 Å². The third-order valence-corrected chi connectivity index (χ3v) is 8.66. The van der Waals surface area contributed by atoms with Crippen LogP contribution in [0.1, 0.15) is 57.7 Å². The van der Waals surface area contributed by atoms with E-state index in [4.69, 9.17) is 9.57 Å². The van der Waals surface area contributed by atoms with Gasteiger partial charge in [-0.05, 0) is 62.8 Å². The number of imide groups is 1. The first-order chi connectivity index (χ1) is 18.0. The van der Waals surface area contributed by atoms with Gasteiger partial charge in [-0.25, -0.2) is 14.8 Å². The molecule has 0 radical (unpaired) electrons. The number of nitrogens with zero attached hydrogens (tertiary/aromatic N) is 2. The van der Waals surface area contributed by atoms with Crippen molar-refractivity contribution in [3.63, 3.8) is 0 Å². The Hall–Kier alpha value is -3.49. The topological polar surface area (TPSA) is 76.2 Å². The molecule has 37 heavy (non-hydrogen) atoms. The predicted octanol–water partition coefficient (Wildman–Crippen LogP) is 5.16. The molecule has 0 saturated carbocycles. The average molecular weight is 517 g/mol. The number of esters is 1. The fourth-order valence-electron chi connectivity index (χ4n) is 5.64. The summed E-state index contributed by atoms with van der Waals surface area (Å²) in [4.78, 5) is 49.6. The number of carbonyl (C=O) groups is 3. The number of benzene rings is 2. The van der Waals surface area contributed by atoms with Gasteiger partial charge in [0.25, 0.3) is 5.91 Å². The number of ether oxygens (including phenoxy) is 1. The highest BCUT2D eigenvalue weighted by atomic mass is 32.1. The van der Waals surface area contributed by atoms with Gasteiger partial charge in [-0.2, -0.15) is 0 Å². The molecular weight excluding hydrogens is 488 g/mol. The van der Waals surface area contributed by atoms with E-state index in [1.54, 1.807) is 12.0 Å². The lowest BCUT2D eigenvalue weighted by Crippen LogP contribution is -2.37. The van der Waals surface area contributed by atoms with Crippen LogP contribution in [0.15, 0.2) is 54.6 Å². The normalized spacial score (nSPS) is 22.8. The van der Waals surface area contributed by atoms with Gasteiger partial charge in [0.15, 0.2) is 6.10 Å². The molecule has 2 aromatic carbocycles. The van der Waals surface area contributed by atoms with E-state index in [0.29, 0.717) is 10.6 Å². The second-order valence-corrected chi connectivity index (χ2v) is 10.8. The molecule has 1 aromatic heterocycles. The van der Waals surface area contributed by atoms with E-state index < -0.39 is 29.9 Å². The Kier molecular flexibility index (Phi) is 6.09. The summed E-state index contributed by atoms with van der Waals surface area (Å²) in [6, 6.07) is 17.0. The maximum Gasteiger partial charge on any atom is 0.341 e. The summed E-state index contributed by atoms with van der Waals surface area (Å²) < 4.78 is 5.37. The zero-order valence-corrected chi connectivity index (χ0v) is 21.6. The molecule has 2 aliphatic heterocycles. The predicted molar refractivity (Wildman–Crippen MR) is 141 cm³/mol. The molecule has 3 aliphatic rings. The standard InChI is InChI=1S/C29H28N2O5S/c1-3-35-29(34)22-20-11-7-8-12-21(20)37-28(22)30-26(32)23-24(18-15-13-17(2)14-16-18)31(36-25(23)27(30)33)19-9-5-4-6-10-19/h4-6,9-10,13-16,23-25H,3,7-8,11-12H2,1-2H3/t23-,24+,25-/m0/s1. The van der Waals surface area contributed by atoms with Gasteiger partial charge in [0.05, 0.1) is 23.9 Å². The van der Waals surface area contributed by atoms with Gasteiger partial charge in [-0.15, -0.1) is 11.3 Å². The number of carbonyl (C=O) groups excluding carboxylic acids is 3. The lowest BCUT2D eigenvalue weighted by molar-refractivity contribution is -0.126. The van der Waals surface area contributed by atoms with E-state index in [1.165, 1.54) is 16.2 Å². The molecule has 2 amide bonds. The summed E-state index contributed by atoms with van der Waals surface area (Å²) in [7, 11) is 0. The van der Waals surface area contributed by atoms with Crippen molar-refractivity contribution in [3.8, 4) is 0 Å². The molecule has 6 rings (SSSR count). The van der Waals surface area contributed by atoms with Crippen LogP contribution >= 0.6 is 11.3 Å². The van der Waals surface area contributed by atoms with Crippen LogP contribution in [0.2, 0.25) is 0 Å². The fraction of sp³-hybridized carbons (Fsp3) is 0.345. The molecule has 0 bridgehead atoms. The smallest absolute Gasteiger partial charge is 0.341 e. The Morgan fingerprint density at radius 3 is 2.49 bits per heavy atom. The van der Waals surface area contributed by atoms with Crippen LogP contribution in [-0.4, -0.2) is 30.5 Å². The second kappa shape index (κ2) is 9.43. The highest BCUT2D eigenvalue weighted by Crippen LogP contribution is 2.50. The average Bonchev–Trinajstić information content (AvgIpc) is 3.55. The van der Waals surface area contributed by atoms with Crippen molar-refractivity contribution in [2.24, 2.45) is 5.92 Å². The number of aryl methyl sites for hydroxylation is 2. The van der Waals surface area contributed by atoms with E-state index in [9.17, 15) is 14.4 Å². The fourth-order valence-corrected chi connectivity index (χ4v) is 7.03. The molecule has 190 valence electrons. The van der Waals surface area contributed by atoms with Gasteiger partial charge in [0.1, 0.15) is 10.9 Å². The van der Waals surface area contributed by atoms with Crippen molar-refractivity contribution >= 4 is 39.8 Å². The lowest BCUT2D eigenvalue weighted by Gasteiger charge is -2.28. The van der Waals surface area contributed by atoms with E-state index in [1.807, 2.05) is 61.5 Å². The van der Waals surface area contributed by atoms with Gasteiger partial charge in [-0.1, -0.05) is 48.0 Å². The van der Waals surface area contributed by atoms with E-state index in [0.717, 1.165) is 52.9 Å².